The van der Waals surface area contributed by atoms with Crippen molar-refractivity contribution in [2.45, 2.75) is 96.5 Å². The van der Waals surface area contributed by atoms with Crippen LogP contribution < -0.4 is 5.32 Å². The van der Waals surface area contributed by atoms with Crippen molar-refractivity contribution < 1.29 is 49.3 Å². The number of hydrogen-bond acceptors (Lipinski definition) is 9. The Kier molecular flexibility index (Phi) is 15.7. The molecule has 2 heterocycles. The highest BCUT2D eigenvalue weighted by Gasteiger charge is 2.59. The number of hydrogen-bond donors (Lipinski definition) is 6. The number of ether oxygens (including phenoxy) is 3. The molecule has 2 saturated heterocycles. The topological polar surface area (TPSA) is 175 Å². The monoisotopic (exact) mass is 659 g/mol. The predicted octanol–water partition coefficient (Wildman–Crippen LogP) is 3.13. The number of aliphatic hydroxyl groups is 4. The molecule has 0 radical (unpaired) electrons. The van der Waals surface area contributed by atoms with Gasteiger partial charge in [-0.1, -0.05) is 93.7 Å². The lowest BCUT2D eigenvalue weighted by molar-refractivity contribution is -0.357. The Morgan fingerprint density at radius 3 is 2.30 bits per heavy atom. The van der Waals surface area contributed by atoms with Crippen LogP contribution in [0.4, 0.5) is 0 Å². The van der Waals surface area contributed by atoms with Crippen molar-refractivity contribution in [3.63, 3.8) is 0 Å². The Morgan fingerprint density at radius 2 is 1.66 bits per heavy atom. The summed E-state index contributed by atoms with van der Waals surface area (Å²) in [5.41, 5.74) is -0.0172. The molecule has 262 valence electrons. The Labute approximate surface area is 278 Å². The summed E-state index contributed by atoms with van der Waals surface area (Å²) in [6.07, 6.45) is 16.3. The van der Waals surface area contributed by atoms with Crippen LogP contribution in [0.1, 0.15) is 48.0 Å². The van der Waals surface area contributed by atoms with Gasteiger partial charge in [0, 0.05) is 37.5 Å². The average Bonchev–Trinajstić information content (AvgIpc) is 3.40. The largest absolute Gasteiger partial charge is 0.478 e. The highest BCUT2D eigenvalue weighted by molar-refractivity contribution is 5.80. The zero-order valence-electron chi connectivity index (χ0n) is 28.4. The molecule has 47 heavy (non-hydrogen) atoms. The van der Waals surface area contributed by atoms with Crippen molar-refractivity contribution in [3.05, 3.63) is 84.6 Å². The smallest absolute Gasteiger partial charge is 0.328 e. The third-order valence-electron chi connectivity index (χ3n) is 8.85. The molecule has 1 amide bonds. The first-order valence-electron chi connectivity index (χ1n) is 15.9. The van der Waals surface area contributed by atoms with Gasteiger partial charge in [0.2, 0.25) is 11.7 Å². The fourth-order valence-corrected chi connectivity index (χ4v) is 5.71. The third-order valence-corrected chi connectivity index (χ3v) is 8.85. The van der Waals surface area contributed by atoms with Gasteiger partial charge in [0.25, 0.3) is 0 Å². The van der Waals surface area contributed by atoms with Crippen LogP contribution in [-0.4, -0.2) is 99.6 Å². The molecule has 10 atom stereocenters. The van der Waals surface area contributed by atoms with Gasteiger partial charge in [-0.25, -0.2) is 4.79 Å². The van der Waals surface area contributed by atoms with Crippen molar-refractivity contribution >= 4 is 11.9 Å². The Balaban J connectivity index is 1.97. The van der Waals surface area contributed by atoms with Crippen LogP contribution in [0.3, 0.4) is 0 Å². The molecule has 2 aliphatic heterocycles. The number of allylic oxidation sites excluding steroid dienone is 9. The summed E-state index contributed by atoms with van der Waals surface area (Å²) in [5.74, 6) is -5.19. The van der Waals surface area contributed by atoms with Gasteiger partial charge in [0.1, 0.15) is 12.2 Å². The van der Waals surface area contributed by atoms with E-state index in [-0.39, 0.29) is 24.7 Å². The van der Waals surface area contributed by atoms with Gasteiger partial charge in [-0.3, -0.25) is 4.79 Å². The molecule has 6 N–H and O–H groups in total. The number of carbonyl (C=O) groups is 2. The highest BCUT2D eigenvalue weighted by Crippen LogP contribution is 2.43. The van der Waals surface area contributed by atoms with Gasteiger partial charge in [-0.2, -0.15) is 0 Å². The Bertz CT molecular complexity index is 1250. The number of carbonyl (C=O) groups excluding carboxylic acids is 1. The highest BCUT2D eigenvalue weighted by atomic mass is 16.7. The van der Waals surface area contributed by atoms with Crippen LogP contribution in [0, 0.1) is 17.3 Å². The molecule has 5 unspecified atom stereocenters. The average molecular weight is 660 g/mol. The molecule has 2 aliphatic rings. The Hall–Kier alpha value is -3.16. The molecule has 2 rings (SSSR count). The number of nitrogens with one attached hydrogen (secondary N) is 1. The molecule has 0 aliphatic carbocycles. The van der Waals surface area contributed by atoms with E-state index in [0.29, 0.717) is 6.42 Å². The zero-order chi connectivity index (χ0) is 35.4. The van der Waals surface area contributed by atoms with E-state index in [1.807, 2.05) is 32.9 Å². The number of rotatable bonds is 15. The van der Waals surface area contributed by atoms with Gasteiger partial charge >= 0.3 is 5.97 Å². The molecule has 11 heteroatoms. The molecule has 0 aromatic carbocycles. The molecule has 2 fully saturated rings. The van der Waals surface area contributed by atoms with Crippen molar-refractivity contribution in [3.8, 4) is 0 Å². The number of aliphatic hydroxyl groups excluding tert-OH is 3. The summed E-state index contributed by atoms with van der Waals surface area (Å²) in [7, 11) is 1.60. The molecular weight excluding hydrogens is 606 g/mol. The summed E-state index contributed by atoms with van der Waals surface area (Å²) in [6.45, 7) is 10.8. The Morgan fingerprint density at radius 1 is 1.00 bits per heavy atom. The third kappa shape index (κ3) is 10.7. The molecule has 0 aromatic rings. The van der Waals surface area contributed by atoms with E-state index in [4.69, 9.17) is 19.3 Å². The predicted molar refractivity (Wildman–Crippen MR) is 179 cm³/mol. The van der Waals surface area contributed by atoms with Gasteiger partial charge < -0.3 is 45.1 Å². The first-order chi connectivity index (χ1) is 22.1. The number of methoxy groups -OCH3 is 1. The first-order valence-corrected chi connectivity index (χ1v) is 15.9. The van der Waals surface area contributed by atoms with E-state index in [2.05, 4.69) is 5.32 Å². The SMILES string of the molecule is C/C=C\C=C\[C@@H]1O[C@](O)([C@H](C)C(=O)NC/C=C/C=C(\C)C(OC)C(C)C2CC(O)C(/C=C/C=C/C=C/C(=O)O)O2)[C@H](O)[C@H](O)C1(C)C. The fourth-order valence-electron chi connectivity index (χ4n) is 5.71. The van der Waals surface area contributed by atoms with E-state index in [9.17, 15) is 30.0 Å². The standard InChI is InChI=1S/C36H53NO10/c1-8-9-12-19-29-35(5,6)32(41)33(42)36(44,47-29)25(4)34(43)37-21-16-15-17-23(2)31(45-7)24(3)28-22-26(38)27(46-28)18-13-10-11-14-20-30(39)40/h8-20,24-29,31-33,38,41-42,44H,21-22H2,1-7H3,(H,37,43)(H,39,40)/b9-8-,11-10+,16-15+,18-13+,19-12+,20-14+,23-17+/t24?,25-,26?,27?,28?,29+,31?,32+,33-,36-/m1/s1. The zero-order valence-corrected chi connectivity index (χ0v) is 28.4. The fraction of sp³-hybridized carbons (Fsp3) is 0.556. The maximum Gasteiger partial charge on any atom is 0.328 e. The van der Waals surface area contributed by atoms with Crippen LogP contribution in [0.15, 0.2) is 84.6 Å². The first kappa shape index (κ1) is 40.0. The van der Waals surface area contributed by atoms with E-state index < -0.39 is 59.5 Å². The second-order valence-electron chi connectivity index (χ2n) is 12.6. The second-order valence-corrected chi connectivity index (χ2v) is 12.6. The minimum absolute atomic E-state index is 0.0908. The van der Waals surface area contributed by atoms with Gasteiger partial charge in [0.05, 0.1) is 36.4 Å². The van der Waals surface area contributed by atoms with E-state index in [1.54, 1.807) is 75.6 Å². The summed E-state index contributed by atoms with van der Waals surface area (Å²) in [6, 6.07) is 0. The summed E-state index contributed by atoms with van der Waals surface area (Å²) in [4.78, 5) is 23.5. The number of amides is 1. The van der Waals surface area contributed by atoms with Crippen molar-refractivity contribution in [1.29, 1.82) is 0 Å². The molecule has 0 spiro atoms. The van der Waals surface area contributed by atoms with E-state index in [1.165, 1.54) is 13.0 Å². The lowest BCUT2D eigenvalue weighted by atomic mass is 9.71. The van der Waals surface area contributed by atoms with E-state index in [0.717, 1.165) is 11.6 Å². The maximum absolute atomic E-state index is 13.0. The number of carboxylic acids is 1. The van der Waals surface area contributed by atoms with Gasteiger partial charge in [-0.15, -0.1) is 0 Å². The minimum Gasteiger partial charge on any atom is -0.478 e. The number of carboxylic acid groups (broad SMARTS) is 1. The van der Waals surface area contributed by atoms with Crippen molar-refractivity contribution in [2.75, 3.05) is 13.7 Å². The van der Waals surface area contributed by atoms with Crippen molar-refractivity contribution in [2.24, 2.45) is 17.3 Å². The lowest BCUT2D eigenvalue weighted by Gasteiger charge is -2.52. The maximum atomic E-state index is 13.0. The van der Waals surface area contributed by atoms with Crippen LogP contribution in [0.25, 0.3) is 0 Å². The summed E-state index contributed by atoms with van der Waals surface area (Å²) < 4.78 is 17.7. The van der Waals surface area contributed by atoms with Crippen LogP contribution in [-0.2, 0) is 23.8 Å². The summed E-state index contributed by atoms with van der Waals surface area (Å²) in [5, 5.41) is 54.8. The van der Waals surface area contributed by atoms with Crippen LogP contribution in [0.5, 0.6) is 0 Å². The van der Waals surface area contributed by atoms with Crippen molar-refractivity contribution in [1.82, 2.24) is 5.32 Å². The molecular formula is C36H53NO10. The minimum atomic E-state index is -2.31. The molecule has 0 saturated carbocycles. The quantitative estimate of drug-likeness (QED) is 0.113. The second kappa shape index (κ2) is 18.4. The van der Waals surface area contributed by atoms with Crippen LogP contribution in [0.2, 0.25) is 0 Å². The van der Waals surface area contributed by atoms with Gasteiger partial charge in [-0.05, 0) is 26.3 Å². The number of aliphatic carboxylic acids is 1. The normalized spacial score (nSPS) is 32.4. The van der Waals surface area contributed by atoms with Gasteiger partial charge in [0.15, 0.2) is 0 Å². The summed E-state index contributed by atoms with van der Waals surface area (Å²) >= 11 is 0. The van der Waals surface area contributed by atoms with E-state index >= 15 is 0 Å². The van der Waals surface area contributed by atoms with Crippen LogP contribution >= 0.6 is 0 Å². The lowest BCUT2D eigenvalue weighted by Crippen LogP contribution is -2.68. The molecule has 0 bridgehead atoms. The molecule has 0 aromatic heterocycles. The molecule has 11 nitrogen and oxygen atoms in total.